The molecule has 0 atom stereocenters. The average Bonchev–Trinajstić information content (AvgIpc) is 2.69. The number of aromatic carboxylic acids is 1. The lowest BCUT2D eigenvalue weighted by molar-refractivity contribution is 0.0698. The normalized spacial score (nSPS) is 12.1. The fourth-order valence-corrected chi connectivity index (χ4v) is 3.10. The number of aliphatic hydroxyl groups excluding tert-OH is 1. The minimum absolute atomic E-state index is 0.00610. The summed E-state index contributed by atoms with van der Waals surface area (Å²) in [6.45, 7) is 10.7. The summed E-state index contributed by atoms with van der Waals surface area (Å²) in [5.41, 5.74) is 4.16. The molecule has 1 aromatic heterocycles. The van der Waals surface area contributed by atoms with Gasteiger partial charge in [-0.25, -0.2) is 4.79 Å². The summed E-state index contributed by atoms with van der Waals surface area (Å²) >= 11 is 0. The van der Waals surface area contributed by atoms with Crippen LogP contribution in [0.25, 0.3) is 10.9 Å². The Balaban J connectivity index is 2.95. The van der Waals surface area contributed by atoms with Gasteiger partial charge >= 0.3 is 5.97 Å². The zero-order chi connectivity index (χ0) is 16.7. The number of aryl methyl sites for hydroxylation is 1. The highest BCUT2D eigenvalue weighted by atomic mass is 16.4. The number of aromatic nitrogens is 1. The predicted octanol–water partition coefficient (Wildman–Crippen LogP) is 3.50. The molecule has 0 radical (unpaired) electrons. The van der Waals surface area contributed by atoms with Crippen molar-refractivity contribution < 1.29 is 15.0 Å². The van der Waals surface area contributed by atoms with Crippen LogP contribution in [0.3, 0.4) is 0 Å². The van der Waals surface area contributed by atoms with Gasteiger partial charge in [-0.05, 0) is 42.0 Å². The predicted molar refractivity (Wildman–Crippen MR) is 88.8 cm³/mol. The van der Waals surface area contributed by atoms with E-state index < -0.39 is 5.97 Å². The number of carboxylic acid groups (broad SMARTS) is 1. The van der Waals surface area contributed by atoms with Crippen molar-refractivity contribution in [1.82, 2.24) is 4.57 Å². The van der Waals surface area contributed by atoms with Crippen LogP contribution in [0.4, 0.5) is 0 Å². The number of rotatable bonds is 4. The lowest BCUT2D eigenvalue weighted by atomic mass is 9.84. The van der Waals surface area contributed by atoms with E-state index in [4.69, 9.17) is 0 Å². The Morgan fingerprint density at radius 3 is 2.36 bits per heavy atom. The van der Waals surface area contributed by atoms with E-state index in [1.165, 1.54) is 0 Å². The van der Waals surface area contributed by atoms with Gasteiger partial charge in [0.1, 0.15) is 0 Å². The zero-order valence-electron chi connectivity index (χ0n) is 14.0. The monoisotopic (exact) mass is 303 g/mol. The molecule has 2 aromatic rings. The molecule has 0 aliphatic rings. The molecule has 0 unspecified atom stereocenters. The highest BCUT2D eigenvalue weighted by Gasteiger charge is 2.23. The fraction of sp³-hybridized carbons (Fsp3) is 0.500. The third-order valence-corrected chi connectivity index (χ3v) is 4.32. The Hall–Kier alpha value is -1.81. The Morgan fingerprint density at radius 2 is 1.91 bits per heavy atom. The second-order valence-corrected chi connectivity index (χ2v) is 6.77. The van der Waals surface area contributed by atoms with E-state index in [9.17, 15) is 15.0 Å². The standard InChI is InChI=1S/C18H25NO3/c1-6-13-11(2)19(7-8-20)16-14(13)9-12(18(3,4)5)10-15(16)17(21)22/h9-10,20H,6-8H2,1-5H3,(H,21,22). The van der Waals surface area contributed by atoms with Crippen molar-refractivity contribution in [2.75, 3.05) is 6.61 Å². The molecule has 0 aliphatic heterocycles. The Bertz CT molecular complexity index is 720. The van der Waals surface area contributed by atoms with Crippen LogP contribution in [0.5, 0.6) is 0 Å². The van der Waals surface area contributed by atoms with E-state index in [-0.39, 0.29) is 12.0 Å². The maximum atomic E-state index is 11.8. The third kappa shape index (κ3) is 2.63. The van der Waals surface area contributed by atoms with Gasteiger partial charge in [0.15, 0.2) is 0 Å². The molecule has 0 amide bonds. The van der Waals surface area contributed by atoms with E-state index in [0.717, 1.165) is 34.1 Å². The van der Waals surface area contributed by atoms with Crippen molar-refractivity contribution in [1.29, 1.82) is 0 Å². The summed E-state index contributed by atoms with van der Waals surface area (Å²) < 4.78 is 1.93. The molecule has 4 heteroatoms. The van der Waals surface area contributed by atoms with Gasteiger partial charge in [0.2, 0.25) is 0 Å². The van der Waals surface area contributed by atoms with Gasteiger partial charge in [0.25, 0.3) is 0 Å². The van der Waals surface area contributed by atoms with Gasteiger partial charge in [0.05, 0.1) is 17.7 Å². The Labute approximate surface area is 131 Å². The first-order valence-corrected chi connectivity index (χ1v) is 7.72. The number of benzene rings is 1. The average molecular weight is 303 g/mol. The topological polar surface area (TPSA) is 62.5 Å². The molecule has 0 aliphatic carbocycles. The molecule has 2 rings (SSSR count). The molecular formula is C18H25NO3. The van der Waals surface area contributed by atoms with E-state index in [1.807, 2.05) is 11.5 Å². The fourth-order valence-electron chi connectivity index (χ4n) is 3.10. The SMILES string of the molecule is CCc1c(C)n(CCO)c2c(C(=O)O)cc(C(C)(C)C)cc12. The van der Waals surface area contributed by atoms with Crippen molar-refractivity contribution in [2.24, 2.45) is 0 Å². The molecule has 0 saturated heterocycles. The van der Waals surface area contributed by atoms with Gasteiger partial charge in [0, 0.05) is 17.6 Å². The smallest absolute Gasteiger partial charge is 0.337 e. The van der Waals surface area contributed by atoms with Crippen LogP contribution < -0.4 is 0 Å². The summed E-state index contributed by atoms with van der Waals surface area (Å²) in [4.78, 5) is 11.8. The second kappa shape index (κ2) is 5.76. The maximum Gasteiger partial charge on any atom is 0.337 e. The first-order valence-electron chi connectivity index (χ1n) is 7.72. The van der Waals surface area contributed by atoms with Crippen LogP contribution in [0.15, 0.2) is 12.1 Å². The van der Waals surface area contributed by atoms with Crippen LogP contribution >= 0.6 is 0 Å². The number of hydrogen-bond donors (Lipinski definition) is 2. The quantitative estimate of drug-likeness (QED) is 0.908. The summed E-state index contributed by atoms with van der Waals surface area (Å²) in [6, 6.07) is 3.89. The van der Waals surface area contributed by atoms with Crippen LogP contribution in [0, 0.1) is 6.92 Å². The molecule has 0 saturated carbocycles. The van der Waals surface area contributed by atoms with Gasteiger partial charge in [-0.2, -0.15) is 0 Å². The lowest BCUT2D eigenvalue weighted by Gasteiger charge is -2.20. The van der Waals surface area contributed by atoms with Gasteiger partial charge < -0.3 is 14.8 Å². The van der Waals surface area contributed by atoms with Crippen molar-refractivity contribution in [3.05, 3.63) is 34.5 Å². The number of aliphatic hydroxyl groups is 1. The third-order valence-electron chi connectivity index (χ3n) is 4.32. The van der Waals surface area contributed by atoms with Crippen LogP contribution in [-0.4, -0.2) is 27.4 Å². The van der Waals surface area contributed by atoms with Gasteiger partial charge in [-0.15, -0.1) is 0 Å². The maximum absolute atomic E-state index is 11.8. The van der Waals surface area contributed by atoms with Gasteiger partial charge in [-0.1, -0.05) is 27.7 Å². The van der Waals surface area contributed by atoms with E-state index in [0.29, 0.717) is 12.1 Å². The van der Waals surface area contributed by atoms with Crippen molar-refractivity contribution >= 4 is 16.9 Å². The first-order chi connectivity index (χ1) is 10.2. The summed E-state index contributed by atoms with van der Waals surface area (Å²) in [5, 5.41) is 20.0. The van der Waals surface area contributed by atoms with Crippen LogP contribution in [0.1, 0.15) is 54.9 Å². The summed E-state index contributed by atoms with van der Waals surface area (Å²) in [5.74, 6) is -0.921. The van der Waals surface area contributed by atoms with Crippen molar-refractivity contribution in [3.8, 4) is 0 Å². The van der Waals surface area contributed by atoms with Crippen LogP contribution in [-0.2, 0) is 18.4 Å². The second-order valence-electron chi connectivity index (χ2n) is 6.77. The lowest BCUT2D eigenvalue weighted by Crippen LogP contribution is -2.14. The Morgan fingerprint density at radius 1 is 1.27 bits per heavy atom. The molecule has 0 spiro atoms. The molecule has 0 fully saturated rings. The number of hydrogen-bond acceptors (Lipinski definition) is 2. The number of carbonyl (C=O) groups is 1. The van der Waals surface area contributed by atoms with E-state index >= 15 is 0 Å². The number of fused-ring (bicyclic) bond motifs is 1. The minimum atomic E-state index is -0.921. The Kier molecular flexibility index (Phi) is 4.34. The van der Waals surface area contributed by atoms with E-state index in [2.05, 4.69) is 33.8 Å². The van der Waals surface area contributed by atoms with Gasteiger partial charge in [-0.3, -0.25) is 0 Å². The molecule has 0 bridgehead atoms. The van der Waals surface area contributed by atoms with Crippen LogP contribution in [0.2, 0.25) is 0 Å². The minimum Gasteiger partial charge on any atom is -0.478 e. The molecular weight excluding hydrogens is 278 g/mol. The highest BCUT2D eigenvalue weighted by Crippen LogP contribution is 2.34. The largest absolute Gasteiger partial charge is 0.478 e. The molecule has 1 aromatic carbocycles. The number of nitrogens with zero attached hydrogens (tertiary/aromatic N) is 1. The highest BCUT2D eigenvalue weighted by molar-refractivity contribution is 6.04. The first kappa shape index (κ1) is 16.6. The number of carboxylic acids is 1. The molecule has 2 N–H and O–H groups in total. The molecule has 4 nitrogen and oxygen atoms in total. The van der Waals surface area contributed by atoms with E-state index in [1.54, 1.807) is 6.07 Å². The van der Waals surface area contributed by atoms with Crippen molar-refractivity contribution in [3.63, 3.8) is 0 Å². The molecule has 1 heterocycles. The summed E-state index contributed by atoms with van der Waals surface area (Å²) in [6.07, 6.45) is 0.841. The zero-order valence-corrected chi connectivity index (χ0v) is 14.0. The van der Waals surface area contributed by atoms with Crippen molar-refractivity contribution in [2.45, 2.75) is 53.0 Å². The molecule has 120 valence electrons. The summed E-state index contributed by atoms with van der Waals surface area (Å²) in [7, 11) is 0. The molecule has 22 heavy (non-hydrogen) atoms.